The first kappa shape index (κ1) is 12.0. The van der Waals surface area contributed by atoms with E-state index in [1.807, 2.05) is 0 Å². The van der Waals surface area contributed by atoms with Crippen LogP contribution in [0.1, 0.15) is 29.5 Å². The third kappa shape index (κ3) is 1.93. The third-order valence-corrected chi connectivity index (χ3v) is 4.78. The summed E-state index contributed by atoms with van der Waals surface area (Å²) in [6.07, 6.45) is 2.71. The highest BCUT2D eigenvalue weighted by Crippen LogP contribution is 2.38. The third-order valence-electron chi connectivity index (χ3n) is 4.78. The Kier molecular flexibility index (Phi) is 2.86. The Morgan fingerprint density at radius 3 is 2.00 bits per heavy atom. The summed E-state index contributed by atoms with van der Waals surface area (Å²) in [4.78, 5) is 2.60. The zero-order valence-electron chi connectivity index (χ0n) is 11.8. The van der Waals surface area contributed by atoms with E-state index in [0.717, 1.165) is 0 Å². The molecule has 0 amide bonds. The maximum Gasteiger partial charge on any atom is 0.0425 e. The number of rotatable bonds is 1. The van der Waals surface area contributed by atoms with Gasteiger partial charge in [0.25, 0.3) is 0 Å². The lowest BCUT2D eigenvalue weighted by Crippen LogP contribution is -2.58. The van der Waals surface area contributed by atoms with Crippen LogP contribution in [0.2, 0.25) is 0 Å². The van der Waals surface area contributed by atoms with E-state index in [1.165, 1.54) is 61.4 Å². The molecule has 2 heterocycles. The Morgan fingerprint density at radius 1 is 1.00 bits per heavy atom. The molecule has 1 aromatic rings. The van der Waals surface area contributed by atoms with Gasteiger partial charge in [0.15, 0.2) is 0 Å². The van der Waals surface area contributed by atoms with Crippen LogP contribution in [0.15, 0.2) is 12.1 Å². The molecule has 2 aliphatic heterocycles. The Bertz CT molecular complexity index is 427. The lowest BCUT2D eigenvalue weighted by atomic mass is 9.73. The first-order valence-electron chi connectivity index (χ1n) is 7.13. The van der Waals surface area contributed by atoms with E-state index in [4.69, 9.17) is 0 Å². The van der Waals surface area contributed by atoms with Crippen molar-refractivity contribution in [2.45, 2.75) is 33.6 Å². The van der Waals surface area contributed by atoms with Gasteiger partial charge in [0.2, 0.25) is 0 Å². The second-order valence-electron chi connectivity index (χ2n) is 6.34. The fraction of sp³-hybridized carbons (Fsp3) is 0.625. The molecule has 1 aromatic carbocycles. The van der Waals surface area contributed by atoms with Gasteiger partial charge in [0, 0.05) is 31.9 Å². The molecule has 0 saturated carbocycles. The Hall–Kier alpha value is -1.02. The SMILES string of the molecule is Cc1cc(C)c(N2CCC3(CC2)CNC3)c(C)c1. The van der Waals surface area contributed by atoms with Crippen molar-refractivity contribution >= 4 is 5.69 Å². The van der Waals surface area contributed by atoms with Crippen molar-refractivity contribution in [1.29, 1.82) is 0 Å². The molecule has 1 N–H and O–H groups in total. The molecule has 98 valence electrons. The van der Waals surface area contributed by atoms with E-state index in [2.05, 4.69) is 43.1 Å². The van der Waals surface area contributed by atoms with Gasteiger partial charge in [-0.25, -0.2) is 0 Å². The maximum absolute atomic E-state index is 3.44. The lowest BCUT2D eigenvalue weighted by molar-refractivity contribution is 0.126. The monoisotopic (exact) mass is 244 g/mol. The minimum absolute atomic E-state index is 0.642. The molecule has 0 radical (unpaired) electrons. The molecular formula is C16H24N2. The quantitative estimate of drug-likeness (QED) is 0.817. The zero-order valence-corrected chi connectivity index (χ0v) is 11.8. The summed E-state index contributed by atoms with van der Waals surface area (Å²) >= 11 is 0. The van der Waals surface area contributed by atoms with Crippen LogP contribution >= 0.6 is 0 Å². The van der Waals surface area contributed by atoms with Crippen molar-refractivity contribution in [2.75, 3.05) is 31.1 Å². The summed E-state index contributed by atoms with van der Waals surface area (Å²) in [6.45, 7) is 11.6. The number of aryl methyl sites for hydroxylation is 3. The van der Waals surface area contributed by atoms with E-state index in [1.54, 1.807) is 0 Å². The molecule has 3 rings (SSSR count). The van der Waals surface area contributed by atoms with Gasteiger partial charge in [-0.05, 0) is 50.2 Å². The molecule has 2 fully saturated rings. The average molecular weight is 244 g/mol. The van der Waals surface area contributed by atoms with Crippen molar-refractivity contribution in [3.63, 3.8) is 0 Å². The van der Waals surface area contributed by atoms with Crippen LogP contribution < -0.4 is 10.2 Å². The second-order valence-corrected chi connectivity index (χ2v) is 6.34. The van der Waals surface area contributed by atoms with Gasteiger partial charge in [-0.2, -0.15) is 0 Å². The fourth-order valence-electron chi connectivity index (χ4n) is 3.71. The highest BCUT2D eigenvalue weighted by molar-refractivity contribution is 5.60. The molecule has 0 unspecified atom stereocenters. The molecule has 18 heavy (non-hydrogen) atoms. The highest BCUT2D eigenvalue weighted by Gasteiger charge is 2.39. The van der Waals surface area contributed by atoms with E-state index < -0.39 is 0 Å². The largest absolute Gasteiger partial charge is 0.371 e. The summed E-state index contributed by atoms with van der Waals surface area (Å²) in [5, 5.41) is 3.44. The predicted octanol–water partition coefficient (Wildman–Crippen LogP) is 2.80. The fourth-order valence-corrected chi connectivity index (χ4v) is 3.71. The highest BCUT2D eigenvalue weighted by atomic mass is 15.2. The molecule has 2 nitrogen and oxygen atoms in total. The topological polar surface area (TPSA) is 15.3 Å². The number of piperidine rings is 1. The summed E-state index contributed by atoms with van der Waals surface area (Å²) in [5.41, 5.74) is 6.39. The number of anilines is 1. The minimum atomic E-state index is 0.642. The van der Waals surface area contributed by atoms with Crippen molar-refractivity contribution in [3.05, 3.63) is 28.8 Å². The van der Waals surface area contributed by atoms with Gasteiger partial charge in [0.1, 0.15) is 0 Å². The van der Waals surface area contributed by atoms with Gasteiger partial charge >= 0.3 is 0 Å². The van der Waals surface area contributed by atoms with Crippen LogP contribution in [0.3, 0.4) is 0 Å². The van der Waals surface area contributed by atoms with Crippen molar-refractivity contribution in [1.82, 2.24) is 5.32 Å². The number of nitrogens with one attached hydrogen (secondary N) is 1. The van der Waals surface area contributed by atoms with Crippen LogP contribution in [0.4, 0.5) is 5.69 Å². The number of hydrogen-bond acceptors (Lipinski definition) is 2. The average Bonchev–Trinajstić information content (AvgIpc) is 2.26. The van der Waals surface area contributed by atoms with Crippen LogP contribution in [-0.4, -0.2) is 26.2 Å². The number of hydrogen-bond donors (Lipinski definition) is 1. The molecular weight excluding hydrogens is 220 g/mol. The Labute approximate surface area is 110 Å². The van der Waals surface area contributed by atoms with E-state index in [-0.39, 0.29) is 0 Å². The molecule has 0 bridgehead atoms. The smallest absolute Gasteiger partial charge is 0.0425 e. The number of benzene rings is 1. The van der Waals surface area contributed by atoms with Gasteiger partial charge in [-0.15, -0.1) is 0 Å². The van der Waals surface area contributed by atoms with Crippen LogP contribution in [0, 0.1) is 26.2 Å². The van der Waals surface area contributed by atoms with Gasteiger partial charge < -0.3 is 10.2 Å². The predicted molar refractivity (Wildman–Crippen MR) is 77.4 cm³/mol. The molecule has 1 spiro atoms. The van der Waals surface area contributed by atoms with Gasteiger partial charge in [-0.1, -0.05) is 17.7 Å². The van der Waals surface area contributed by atoms with E-state index in [9.17, 15) is 0 Å². The first-order chi connectivity index (χ1) is 8.60. The summed E-state index contributed by atoms with van der Waals surface area (Å²) in [5.74, 6) is 0. The van der Waals surface area contributed by atoms with E-state index in [0.29, 0.717) is 5.41 Å². The van der Waals surface area contributed by atoms with Crippen molar-refractivity contribution < 1.29 is 0 Å². The van der Waals surface area contributed by atoms with E-state index >= 15 is 0 Å². The maximum atomic E-state index is 3.44. The summed E-state index contributed by atoms with van der Waals surface area (Å²) in [6, 6.07) is 4.63. The van der Waals surface area contributed by atoms with Crippen LogP contribution in [0.25, 0.3) is 0 Å². The summed E-state index contributed by atoms with van der Waals surface area (Å²) < 4.78 is 0. The van der Waals surface area contributed by atoms with Gasteiger partial charge in [-0.3, -0.25) is 0 Å². The van der Waals surface area contributed by atoms with Crippen molar-refractivity contribution in [3.8, 4) is 0 Å². The molecule has 2 heteroatoms. The van der Waals surface area contributed by atoms with Crippen molar-refractivity contribution in [2.24, 2.45) is 5.41 Å². The summed E-state index contributed by atoms with van der Waals surface area (Å²) in [7, 11) is 0. The Balaban J connectivity index is 1.80. The number of nitrogens with zero attached hydrogens (tertiary/aromatic N) is 1. The molecule has 2 aliphatic rings. The lowest BCUT2D eigenvalue weighted by Gasteiger charge is -2.49. The molecule has 0 aromatic heterocycles. The van der Waals surface area contributed by atoms with Gasteiger partial charge in [0.05, 0.1) is 0 Å². The minimum Gasteiger partial charge on any atom is -0.371 e. The zero-order chi connectivity index (χ0) is 12.8. The normalized spacial score (nSPS) is 22.1. The Morgan fingerprint density at radius 2 is 1.56 bits per heavy atom. The first-order valence-corrected chi connectivity index (χ1v) is 7.13. The standard InChI is InChI=1S/C16H24N2/c1-12-8-13(2)15(14(3)9-12)18-6-4-16(5-7-18)10-17-11-16/h8-9,17H,4-7,10-11H2,1-3H3. The van der Waals surface area contributed by atoms with Crippen LogP contribution in [-0.2, 0) is 0 Å². The second kappa shape index (κ2) is 4.27. The molecule has 0 aliphatic carbocycles. The molecule has 0 atom stereocenters. The van der Waals surface area contributed by atoms with Crippen LogP contribution in [0.5, 0.6) is 0 Å². The molecule has 2 saturated heterocycles.